The molecule has 0 radical (unpaired) electrons. The van der Waals surface area contributed by atoms with Gasteiger partial charge in [0.25, 0.3) is 10.0 Å². The van der Waals surface area contributed by atoms with E-state index in [2.05, 4.69) is 5.32 Å². The Hall–Kier alpha value is -3.92. The van der Waals surface area contributed by atoms with E-state index in [1.165, 1.54) is 32.4 Å². The van der Waals surface area contributed by atoms with E-state index in [1.54, 1.807) is 42.5 Å². The zero-order valence-electron chi connectivity index (χ0n) is 21.4. The van der Waals surface area contributed by atoms with Gasteiger partial charge >= 0.3 is 0 Å². The molecule has 1 N–H and O–H groups in total. The summed E-state index contributed by atoms with van der Waals surface area (Å²) in [6, 6.07) is 18.2. The van der Waals surface area contributed by atoms with Gasteiger partial charge in [0.05, 0.1) is 38.0 Å². The molecule has 3 aromatic carbocycles. The second kappa shape index (κ2) is 12.9. The Morgan fingerprint density at radius 2 is 1.46 bits per heavy atom. The van der Waals surface area contributed by atoms with Crippen LogP contribution in [0.3, 0.4) is 0 Å². The topological polar surface area (TPSA) is 103 Å². The Balaban J connectivity index is 1.83. The highest BCUT2D eigenvalue weighted by Gasteiger charge is 2.28. The molecule has 0 atom stereocenters. The number of hydrogen-bond donors (Lipinski definition) is 1. The Morgan fingerprint density at radius 1 is 0.811 bits per heavy atom. The van der Waals surface area contributed by atoms with Crippen molar-refractivity contribution in [3.8, 4) is 23.0 Å². The minimum Gasteiger partial charge on any atom is -0.493 e. The maximum absolute atomic E-state index is 13.6. The van der Waals surface area contributed by atoms with E-state index in [0.717, 1.165) is 9.87 Å². The number of anilines is 1. The Morgan fingerprint density at radius 3 is 2.11 bits per heavy atom. The van der Waals surface area contributed by atoms with Crippen LogP contribution in [0.5, 0.6) is 23.0 Å². The third-order valence-electron chi connectivity index (χ3n) is 5.37. The van der Waals surface area contributed by atoms with Crippen molar-refractivity contribution in [3.05, 3.63) is 72.3 Å². The predicted octanol–water partition coefficient (Wildman–Crippen LogP) is 4.01. The molecule has 0 heterocycles. The molecule has 198 valence electrons. The van der Waals surface area contributed by atoms with Crippen molar-refractivity contribution in [2.45, 2.75) is 25.3 Å². The molecule has 3 aromatic rings. The normalized spacial score (nSPS) is 10.9. The number of amides is 1. The number of hydrogen-bond acceptors (Lipinski definition) is 7. The first kappa shape index (κ1) is 27.7. The Bertz CT molecular complexity index is 1300. The smallest absolute Gasteiger partial charge is 0.264 e. The molecule has 0 fully saturated rings. The van der Waals surface area contributed by atoms with Gasteiger partial charge in [-0.2, -0.15) is 0 Å². The molecule has 0 aliphatic rings. The van der Waals surface area contributed by atoms with Crippen LogP contribution in [0.25, 0.3) is 0 Å². The first-order valence-electron chi connectivity index (χ1n) is 11.8. The average molecular weight is 529 g/mol. The molecule has 3 rings (SSSR count). The van der Waals surface area contributed by atoms with Crippen molar-refractivity contribution in [2.75, 3.05) is 38.3 Å². The minimum atomic E-state index is -4.12. The SMILES string of the molecule is CCOc1ccc(CNC(=O)CN(c2ccccc2)S(=O)(=O)c2ccc(OC)c(OC)c2)cc1OCC. The lowest BCUT2D eigenvalue weighted by molar-refractivity contribution is -0.119. The number of carbonyl (C=O) groups excluding carboxylic acids is 1. The van der Waals surface area contributed by atoms with E-state index >= 15 is 0 Å². The summed E-state index contributed by atoms with van der Waals surface area (Å²) >= 11 is 0. The van der Waals surface area contributed by atoms with Gasteiger partial charge in [-0.15, -0.1) is 0 Å². The quantitative estimate of drug-likeness (QED) is 0.358. The van der Waals surface area contributed by atoms with E-state index in [1.807, 2.05) is 19.9 Å². The molecule has 0 bridgehead atoms. The van der Waals surface area contributed by atoms with Crippen molar-refractivity contribution < 1.29 is 32.2 Å². The van der Waals surface area contributed by atoms with Crippen molar-refractivity contribution in [1.82, 2.24) is 5.32 Å². The highest BCUT2D eigenvalue weighted by Crippen LogP contribution is 2.32. The molecule has 0 aromatic heterocycles. The molecule has 37 heavy (non-hydrogen) atoms. The monoisotopic (exact) mass is 528 g/mol. The highest BCUT2D eigenvalue weighted by molar-refractivity contribution is 7.92. The van der Waals surface area contributed by atoms with Gasteiger partial charge in [-0.05, 0) is 55.8 Å². The molecule has 0 aliphatic heterocycles. The zero-order valence-corrected chi connectivity index (χ0v) is 22.2. The number of sulfonamides is 1. The fourth-order valence-corrected chi connectivity index (χ4v) is 5.04. The van der Waals surface area contributed by atoms with Crippen LogP contribution >= 0.6 is 0 Å². The van der Waals surface area contributed by atoms with Gasteiger partial charge in [0, 0.05) is 12.6 Å². The number of methoxy groups -OCH3 is 2. The first-order chi connectivity index (χ1) is 17.8. The minimum absolute atomic E-state index is 0.0327. The number of para-hydroxylation sites is 1. The number of nitrogens with zero attached hydrogens (tertiary/aromatic N) is 1. The third-order valence-corrected chi connectivity index (χ3v) is 7.14. The van der Waals surface area contributed by atoms with E-state index in [-0.39, 0.29) is 17.2 Å². The van der Waals surface area contributed by atoms with Gasteiger partial charge in [-0.1, -0.05) is 24.3 Å². The summed E-state index contributed by atoms with van der Waals surface area (Å²) in [6.45, 7) is 4.50. The van der Waals surface area contributed by atoms with Crippen molar-refractivity contribution in [1.29, 1.82) is 0 Å². The predicted molar refractivity (Wildman–Crippen MR) is 141 cm³/mol. The van der Waals surface area contributed by atoms with Crippen LogP contribution in [-0.4, -0.2) is 48.3 Å². The lowest BCUT2D eigenvalue weighted by Gasteiger charge is -2.24. The summed E-state index contributed by atoms with van der Waals surface area (Å²) < 4.78 is 50.1. The van der Waals surface area contributed by atoms with E-state index in [0.29, 0.717) is 36.1 Å². The molecule has 0 spiro atoms. The van der Waals surface area contributed by atoms with Crippen LogP contribution in [0, 0.1) is 0 Å². The molecule has 10 heteroatoms. The van der Waals surface area contributed by atoms with Gasteiger partial charge in [-0.3, -0.25) is 9.10 Å². The fourth-order valence-electron chi connectivity index (χ4n) is 3.61. The largest absolute Gasteiger partial charge is 0.493 e. The molecule has 0 saturated heterocycles. The van der Waals surface area contributed by atoms with Crippen LogP contribution < -0.4 is 28.6 Å². The molecule has 1 amide bonds. The summed E-state index contributed by atoms with van der Waals surface area (Å²) in [5, 5.41) is 2.80. The van der Waals surface area contributed by atoms with Crippen molar-refractivity contribution in [3.63, 3.8) is 0 Å². The van der Waals surface area contributed by atoms with Crippen LogP contribution in [0.4, 0.5) is 5.69 Å². The highest BCUT2D eigenvalue weighted by atomic mass is 32.2. The number of rotatable bonds is 13. The van der Waals surface area contributed by atoms with Gasteiger partial charge in [0.2, 0.25) is 5.91 Å². The molecular weight excluding hydrogens is 496 g/mol. The molecule has 0 saturated carbocycles. The number of nitrogens with one attached hydrogen (secondary N) is 1. The Kier molecular flexibility index (Phi) is 9.62. The van der Waals surface area contributed by atoms with Crippen LogP contribution in [0.15, 0.2) is 71.6 Å². The zero-order chi connectivity index (χ0) is 26.8. The molecular formula is C27H32N2O7S. The maximum Gasteiger partial charge on any atom is 0.264 e. The lowest BCUT2D eigenvalue weighted by atomic mass is 10.2. The van der Waals surface area contributed by atoms with Gasteiger partial charge in [0.15, 0.2) is 23.0 Å². The van der Waals surface area contributed by atoms with E-state index in [4.69, 9.17) is 18.9 Å². The first-order valence-corrected chi connectivity index (χ1v) is 13.2. The van der Waals surface area contributed by atoms with Crippen LogP contribution in [-0.2, 0) is 21.4 Å². The second-order valence-corrected chi connectivity index (χ2v) is 9.65. The third kappa shape index (κ3) is 6.85. The van der Waals surface area contributed by atoms with E-state index in [9.17, 15) is 13.2 Å². The summed E-state index contributed by atoms with van der Waals surface area (Å²) in [4.78, 5) is 12.9. The summed E-state index contributed by atoms with van der Waals surface area (Å²) in [7, 11) is -1.22. The molecule has 9 nitrogen and oxygen atoms in total. The number of carbonyl (C=O) groups is 1. The van der Waals surface area contributed by atoms with Gasteiger partial charge < -0.3 is 24.3 Å². The second-order valence-electron chi connectivity index (χ2n) is 7.79. The number of benzene rings is 3. The summed E-state index contributed by atoms with van der Waals surface area (Å²) in [5.41, 5.74) is 1.14. The van der Waals surface area contributed by atoms with Gasteiger partial charge in [0.1, 0.15) is 6.54 Å². The average Bonchev–Trinajstić information content (AvgIpc) is 2.92. The summed E-state index contributed by atoms with van der Waals surface area (Å²) in [6.07, 6.45) is 0. The fraction of sp³-hybridized carbons (Fsp3) is 0.296. The van der Waals surface area contributed by atoms with E-state index < -0.39 is 22.5 Å². The molecule has 0 unspecified atom stereocenters. The van der Waals surface area contributed by atoms with Crippen LogP contribution in [0.1, 0.15) is 19.4 Å². The van der Waals surface area contributed by atoms with Gasteiger partial charge in [-0.25, -0.2) is 8.42 Å². The standard InChI is InChI=1S/C27H32N2O7S/c1-5-35-24-14-12-20(16-26(24)36-6-2)18-28-27(30)19-29(21-10-8-7-9-11-21)37(31,32)22-13-15-23(33-3)25(17-22)34-4/h7-17H,5-6,18-19H2,1-4H3,(H,28,30). The van der Waals surface area contributed by atoms with Crippen molar-refractivity contribution >= 4 is 21.6 Å². The lowest BCUT2D eigenvalue weighted by Crippen LogP contribution is -2.40. The van der Waals surface area contributed by atoms with Crippen LogP contribution in [0.2, 0.25) is 0 Å². The number of ether oxygens (including phenoxy) is 4. The Labute approximate surface area is 218 Å². The summed E-state index contributed by atoms with van der Waals surface area (Å²) in [5.74, 6) is 1.39. The molecule has 0 aliphatic carbocycles. The van der Waals surface area contributed by atoms with Crippen molar-refractivity contribution in [2.24, 2.45) is 0 Å². The maximum atomic E-state index is 13.6.